The van der Waals surface area contributed by atoms with Gasteiger partial charge in [0.25, 0.3) is 5.91 Å². The van der Waals surface area contributed by atoms with Gasteiger partial charge < -0.3 is 5.32 Å². The number of aromatic amines is 1. The Bertz CT molecular complexity index is 576. The van der Waals surface area contributed by atoms with Gasteiger partial charge in [0.2, 0.25) is 0 Å². The molecule has 2 rings (SSSR count). The minimum Gasteiger partial charge on any atom is -0.315 e. The number of hydrogen-bond acceptors (Lipinski definition) is 2. The van der Waals surface area contributed by atoms with E-state index in [1.165, 1.54) is 0 Å². The highest BCUT2D eigenvalue weighted by molar-refractivity contribution is 6.04. The fourth-order valence-electron chi connectivity index (χ4n) is 1.46. The summed E-state index contributed by atoms with van der Waals surface area (Å²) in [6, 6.07) is 9.35. The summed E-state index contributed by atoms with van der Waals surface area (Å²) in [7, 11) is 0. The van der Waals surface area contributed by atoms with Crippen molar-refractivity contribution in [3.8, 4) is 23.1 Å². The van der Waals surface area contributed by atoms with Gasteiger partial charge in [-0.3, -0.25) is 9.89 Å². The lowest BCUT2D eigenvalue weighted by Gasteiger charge is -2.03. The molecule has 0 bridgehead atoms. The molecule has 2 N–H and O–H groups in total. The molecule has 1 heterocycles. The molecule has 0 aliphatic heterocycles. The van der Waals surface area contributed by atoms with Crippen LogP contribution in [0.3, 0.4) is 0 Å². The molecule has 0 radical (unpaired) electrons. The number of carbonyl (C=O) groups is 1. The van der Waals surface area contributed by atoms with Gasteiger partial charge in [-0.25, -0.2) is 0 Å². The number of aromatic nitrogens is 2. The molecular formula is C13H11N3O. The Morgan fingerprint density at radius 2 is 2.29 bits per heavy atom. The third-order valence-corrected chi connectivity index (χ3v) is 2.17. The summed E-state index contributed by atoms with van der Waals surface area (Å²) < 4.78 is 0. The maximum Gasteiger partial charge on any atom is 0.300 e. The zero-order chi connectivity index (χ0) is 12.1. The Hall–Kier alpha value is -2.54. The third-order valence-electron chi connectivity index (χ3n) is 2.17. The molecule has 17 heavy (non-hydrogen) atoms. The molecule has 0 saturated carbocycles. The van der Waals surface area contributed by atoms with Crippen molar-refractivity contribution in [2.75, 3.05) is 5.32 Å². The lowest BCUT2D eigenvalue weighted by atomic mass is 10.1. The van der Waals surface area contributed by atoms with Crippen LogP contribution in [0.4, 0.5) is 5.69 Å². The van der Waals surface area contributed by atoms with Crippen LogP contribution >= 0.6 is 0 Å². The summed E-state index contributed by atoms with van der Waals surface area (Å²) in [4.78, 5) is 11.3. The first-order valence-electron chi connectivity index (χ1n) is 5.13. The van der Waals surface area contributed by atoms with Gasteiger partial charge in [0.1, 0.15) is 0 Å². The average Bonchev–Trinajstić information content (AvgIpc) is 2.83. The van der Waals surface area contributed by atoms with E-state index < -0.39 is 0 Å². The van der Waals surface area contributed by atoms with Crippen LogP contribution < -0.4 is 5.32 Å². The molecule has 2 aromatic rings. The van der Waals surface area contributed by atoms with Gasteiger partial charge in [0.15, 0.2) is 0 Å². The van der Waals surface area contributed by atoms with E-state index in [1.807, 2.05) is 30.3 Å². The average molecular weight is 225 g/mol. The van der Waals surface area contributed by atoms with Gasteiger partial charge in [-0.05, 0) is 31.0 Å². The molecule has 0 fully saturated rings. The molecule has 1 aromatic heterocycles. The summed E-state index contributed by atoms with van der Waals surface area (Å²) >= 11 is 0. The highest BCUT2D eigenvalue weighted by Gasteiger charge is 2.02. The van der Waals surface area contributed by atoms with E-state index in [9.17, 15) is 4.79 Å². The second-order valence-electron chi connectivity index (χ2n) is 3.38. The normalized spacial score (nSPS) is 9.24. The minimum absolute atomic E-state index is 0.311. The first-order chi connectivity index (χ1) is 8.29. The molecule has 1 aromatic carbocycles. The third kappa shape index (κ3) is 2.73. The van der Waals surface area contributed by atoms with Crippen molar-refractivity contribution in [1.82, 2.24) is 10.2 Å². The molecule has 0 atom stereocenters. The fourth-order valence-corrected chi connectivity index (χ4v) is 1.46. The number of nitrogens with zero attached hydrogens (tertiary/aromatic N) is 1. The summed E-state index contributed by atoms with van der Waals surface area (Å²) in [5.41, 5.74) is 2.58. The zero-order valence-electron chi connectivity index (χ0n) is 9.32. The van der Waals surface area contributed by atoms with E-state index in [0.717, 1.165) is 11.3 Å². The first-order valence-corrected chi connectivity index (χ1v) is 5.13. The number of nitrogens with one attached hydrogen (secondary N) is 2. The van der Waals surface area contributed by atoms with Crippen LogP contribution in [0.1, 0.15) is 6.92 Å². The van der Waals surface area contributed by atoms with Crippen LogP contribution in [-0.4, -0.2) is 16.1 Å². The van der Waals surface area contributed by atoms with Gasteiger partial charge >= 0.3 is 0 Å². The maximum atomic E-state index is 11.3. The summed E-state index contributed by atoms with van der Waals surface area (Å²) in [5, 5.41) is 9.45. The van der Waals surface area contributed by atoms with Crippen molar-refractivity contribution < 1.29 is 4.79 Å². The molecule has 0 aliphatic rings. The van der Waals surface area contributed by atoms with Crippen LogP contribution in [0.5, 0.6) is 0 Å². The minimum atomic E-state index is -0.311. The molecule has 1 amide bonds. The number of rotatable bonds is 2. The standard InChI is InChI=1S/C13H11N3O/c1-2-4-13(17)15-11-6-3-5-10(9-11)12-7-8-14-16-12/h3,5-9H,1H3,(H,14,16)(H,15,17). The van der Waals surface area contributed by atoms with E-state index >= 15 is 0 Å². The lowest BCUT2D eigenvalue weighted by molar-refractivity contribution is -0.111. The predicted octanol–water partition coefficient (Wildman–Crippen LogP) is 2.04. The smallest absolute Gasteiger partial charge is 0.300 e. The van der Waals surface area contributed by atoms with Crippen molar-refractivity contribution in [1.29, 1.82) is 0 Å². The van der Waals surface area contributed by atoms with Crippen LogP contribution in [-0.2, 0) is 4.79 Å². The van der Waals surface area contributed by atoms with E-state index in [0.29, 0.717) is 5.69 Å². The van der Waals surface area contributed by atoms with E-state index in [4.69, 9.17) is 0 Å². The van der Waals surface area contributed by atoms with Gasteiger partial charge in [-0.15, -0.1) is 0 Å². The zero-order valence-corrected chi connectivity index (χ0v) is 9.32. The number of benzene rings is 1. The van der Waals surface area contributed by atoms with Gasteiger partial charge in [0, 0.05) is 17.4 Å². The second-order valence-corrected chi connectivity index (χ2v) is 3.38. The number of carbonyl (C=O) groups excluding carboxylic acids is 1. The SMILES string of the molecule is CC#CC(=O)Nc1cccc(-c2ccn[nH]2)c1. The lowest BCUT2D eigenvalue weighted by Crippen LogP contribution is -2.08. The van der Waals surface area contributed by atoms with Crippen molar-refractivity contribution in [2.45, 2.75) is 6.92 Å². The van der Waals surface area contributed by atoms with Gasteiger partial charge in [-0.2, -0.15) is 5.10 Å². The molecule has 0 saturated heterocycles. The monoisotopic (exact) mass is 225 g/mol. The molecule has 0 aliphatic carbocycles. The largest absolute Gasteiger partial charge is 0.315 e. The highest BCUT2D eigenvalue weighted by Crippen LogP contribution is 2.19. The Morgan fingerprint density at radius 3 is 3.00 bits per heavy atom. The molecule has 0 spiro atoms. The topological polar surface area (TPSA) is 57.8 Å². The Labute approximate surface area is 99.1 Å². The first kappa shape index (κ1) is 11.0. The highest BCUT2D eigenvalue weighted by atomic mass is 16.1. The molecule has 84 valence electrons. The van der Waals surface area contributed by atoms with Crippen LogP contribution in [0.25, 0.3) is 11.3 Å². The maximum absolute atomic E-state index is 11.3. The second kappa shape index (κ2) is 4.99. The number of H-pyrrole nitrogens is 1. The van der Waals surface area contributed by atoms with Crippen molar-refractivity contribution >= 4 is 11.6 Å². The van der Waals surface area contributed by atoms with E-state index in [-0.39, 0.29) is 5.91 Å². The van der Waals surface area contributed by atoms with E-state index in [2.05, 4.69) is 27.4 Å². The molecular weight excluding hydrogens is 214 g/mol. The summed E-state index contributed by atoms with van der Waals surface area (Å²) in [5.74, 6) is 4.67. The Kier molecular flexibility index (Phi) is 3.22. The summed E-state index contributed by atoms with van der Waals surface area (Å²) in [6.45, 7) is 1.63. The molecule has 4 heteroatoms. The van der Waals surface area contributed by atoms with Crippen LogP contribution in [0.15, 0.2) is 36.5 Å². The van der Waals surface area contributed by atoms with Crippen molar-refractivity contribution in [3.63, 3.8) is 0 Å². The number of amides is 1. The van der Waals surface area contributed by atoms with Gasteiger partial charge in [-0.1, -0.05) is 18.1 Å². The molecule has 0 unspecified atom stereocenters. The predicted molar refractivity (Wildman–Crippen MR) is 66.1 cm³/mol. The van der Waals surface area contributed by atoms with Crippen molar-refractivity contribution in [3.05, 3.63) is 36.5 Å². The Morgan fingerprint density at radius 1 is 1.41 bits per heavy atom. The van der Waals surface area contributed by atoms with Crippen LogP contribution in [0, 0.1) is 11.8 Å². The molecule has 4 nitrogen and oxygen atoms in total. The Balaban J connectivity index is 2.22. The number of hydrogen-bond donors (Lipinski definition) is 2. The van der Waals surface area contributed by atoms with Crippen molar-refractivity contribution in [2.24, 2.45) is 0 Å². The summed E-state index contributed by atoms with van der Waals surface area (Å²) in [6.07, 6.45) is 1.68. The quantitative estimate of drug-likeness (QED) is 0.768. The fraction of sp³-hybridized carbons (Fsp3) is 0.0769. The van der Waals surface area contributed by atoms with Gasteiger partial charge in [0.05, 0.1) is 5.69 Å². The van der Waals surface area contributed by atoms with E-state index in [1.54, 1.807) is 13.1 Å². The van der Waals surface area contributed by atoms with Crippen LogP contribution in [0.2, 0.25) is 0 Å². The number of anilines is 1.